The van der Waals surface area contributed by atoms with Gasteiger partial charge in [-0.2, -0.15) is 0 Å². The summed E-state index contributed by atoms with van der Waals surface area (Å²) in [6, 6.07) is 5.88. The van der Waals surface area contributed by atoms with E-state index in [2.05, 4.69) is 22.0 Å². The number of amides is 5. The Bertz CT molecular complexity index is 1430. The third-order valence-electron chi connectivity index (χ3n) is 9.95. The number of fused-ring (bicyclic) bond motifs is 3. The van der Waals surface area contributed by atoms with Crippen molar-refractivity contribution in [2.75, 3.05) is 13.1 Å². The van der Waals surface area contributed by atoms with E-state index in [4.69, 9.17) is 9.47 Å². The number of nitrogens with one attached hydrogen (secondary N) is 3. The second-order valence-corrected chi connectivity index (χ2v) is 15.1. The first-order valence-corrected chi connectivity index (χ1v) is 17.5. The second kappa shape index (κ2) is 13.8. The predicted octanol–water partition coefficient (Wildman–Crippen LogP) is 3.92. The van der Waals surface area contributed by atoms with E-state index in [0.29, 0.717) is 44.8 Å². The van der Waals surface area contributed by atoms with Gasteiger partial charge in [-0.05, 0) is 76.3 Å². The molecule has 0 radical (unpaired) electrons. The lowest BCUT2D eigenvalue weighted by Gasteiger charge is -2.30. The van der Waals surface area contributed by atoms with Gasteiger partial charge in [0.05, 0.1) is 6.54 Å². The van der Waals surface area contributed by atoms with Crippen LogP contribution in [0, 0.1) is 11.8 Å². The van der Waals surface area contributed by atoms with Crippen LogP contribution in [-0.2, 0) is 36.9 Å². The van der Waals surface area contributed by atoms with Crippen molar-refractivity contribution in [1.29, 1.82) is 0 Å². The quantitative estimate of drug-likeness (QED) is 0.405. The molecular weight excluding hydrogens is 614 g/mol. The highest BCUT2D eigenvalue weighted by Crippen LogP contribution is 2.46. The molecule has 0 unspecified atom stereocenters. The minimum atomic E-state index is -1.10. The van der Waals surface area contributed by atoms with Gasteiger partial charge in [0.25, 0.3) is 0 Å². The molecule has 12 nitrogen and oxygen atoms in total. The summed E-state index contributed by atoms with van der Waals surface area (Å²) < 4.78 is 11.4. The largest absolute Gasteiger partial charge is 0.444 e. The van der Waals surface area contributed by atoms with Crippen LogP contribution in [0.5, 0.6) is 0 Å². The van der Waals surface area contributed by atoms with Crippen molar-refractivity contribution in [3.63, 3.8) is 0 Å². The van der Waals surface area contributed by atoms with Crippen LogP contribution in [0.15, 0.2) is 36.4 Å². The molecule has 2 saturated carbocycles. The van der Waals surface area contributed by atoms with E-state index >= 15 is 0 Å². The number of rotatable bonds is 5. The van der Waals surface area contributed by atoms with Crippen LogP contribution in [-0.4, -0.2) is 82.1 Å². The fourth-order valence-corrected chi connectivity index (χ4v) is 7.01. The first-order chi connectivity index (χ1) is 22.9. The van der Waals surface area contributed by atoms with Gasteiger partial charge >= 0.3 is 12.2 Å². The number of hydrogen-bond acceptors (Lipinski definition) is 7. The Morgan fingerprint density at radius 2 is 1.75 bits per heavy atom. The number of carbonyl (C=O) groups is 5. The number of benzene rings is 1. The second-order valence-electron chi connectivity index (χ2n) is 15.1. The van der Waals surface area contributed by atoms with Crippen LogP contribution in [0.1, 0.15) is 89.7 Å². The monoisotopic (exact) mass is 663 g/mol. The number of nitrogens with zero attached hydrogens (tertiary/aromatic N) is 2. The minimum absolute atomic E-state index is 0.0137. The maximum atomic E-state index is 14.3. The van der Waals surface area contributed by atoms with Gasteiger partial charge in [-0.25, -0.2) is 9.59 Å². The molecule has 3 heterocycles. The lowest BCUT2D eigenvalue weighted by Crippen LogP contribution is -2.58. The molecule has 3 fully saturated rings. The summed E-state index contributed by atoms with van der Waals surface area (Å²) in [7, 11) is 0. The summed E-state index contributed by atoms with van der Waals surface area (Å²) in [4.78, 5) is 71.2. The average molecular weight is 664 g/mol. The van der Waals surface area contributed by atoms with E-state index in [9.17, 15) is 24.0 Å². The van der Waals surface area contributed by atoms with Crippen molar-refractivity contribution < 1.29 is 33.4 Å². The Kier molecular flexibility index (Phi) is 9.71. The lowest BCUT2D eigenvalue weighted by atomic mass is 10.0. The summed E-state index contributed by atoms with van der Waals surface area (Å²) in [6.45, 7) is 6.65. The fourth-order valence-electron chi connectivity index (χ4n) is 7.01. The van der Waals surface area contributed by atoms with Crippen molar-refractivity contribution in [1.82, 2.24) is 25.8 Å². The van der Waals surface area contributed by atoms with Crippen molar-refractivity contribution in [2.45, 2.75) is 121 Å². The standard InChI is InChI=1S/C36H49N5O7/c1-35(2,3)48-33(45)38-28-14-8-6-4-5-7-13-26-18-36(26,32(44)37-19-23-15-16-23)39-30(42)29-17-27(22-41(29)31(28)43)47-34(46)40-20-24-11-9-10-12-25(24)21-40/h7,9-13,23,26-29H,4-6,8,14-22H2,1-3H3,(H,37,44)(H,38,45)(H,39,42)/b13-7-/t26-,27+,28-,29-,36+/m0/s1. The maximum absolute atomic E-state index is 14.3. The first kappa shape index (κ1) is 33.8. The number of hydrogen-bond donors (Lipinski definition) is 3. The molecule has 6 rings (SSSR count). The molecule has 5 aliphatic rings. The average Bonchev–Trinajstić information content (AvgIpc) is 3.89. The molecule has 2 aliphatic carbocycles. The minimum Gasteiger partial charge on any atom is -0.444 e. The van der Waals surface area contributed by atoms with E-state index in [0.717, 1.165) is 43.2 Å². The van der Waals surface area contributed by atoms with Gasteiger partial charge in [0.2, 0.25) is 17.7 Å². The molecule has 48 heavy (non-hydrogen) atoms. The van der Waals surface area contributed by atoms with E-state index in [1.807, 2.05) is 30.3 Å². The molecule has 1 aromatic rings. The van der Waals surface area contributed by atoms with Crippen molar-refractivity contribution in [2.24, 2.45) is 11.8 Å². The zero-order valence-electron chi connectivity index (χ0n) is 28.3. The smallest absolute Gasteiger partial charge is 0.410 e. The summed E-state index contributed by atoms with van der Waals surface area (Å²) in [5.74, 6) is -0.797. The summed E-state index contributed by atoms with van der Waals surface area (Å²) in [5, 5.41) is 8.84. The summed E-state index contributed by atoms with van der Waals surface area (Å²) >= 11 is 0. The van der Waals surface area contributed by atoms with E-state index in [1.54, 1.807) is 25.7 Å². The van der Waals surface area contributed by atoms with Crippen molar-refractivity contribution in [3.8, 4) is 0 Å². The zero-order chi connectivity index (χ0) is 34.1. The van der Waals surface area contributed by atoms with Gasteiger partial charge in [0.15, 0.2) is 0 Å². The van der Waals surface area contributed by atoms with Gasteiger partial charge in [0, 0.05) is 32.0 Å². The molecule has 260 valence electrons. The highest BCUT2D eigenvalue weighted by Gasteiger charge is 2.61. The highest BCUT2D eigenvalue weighted by atomic mass is 16.6. The molecule has 1 aromatic carbocycles. The van der Waals surface area contributed by atoms with Crippen LogP contribution in [0.25, 0.3) is 0 Å². The summed E-state index contributed by atoms with van der Waals surface area (Å²) in [6.07, 6.45) is 8.40. The van der Waals surface area contributed by atoms with Crippen LogP contribution in [0.4, 0.5) is 9.59 Å². The number of allylic oxidation sites excluding steroid dienone is 1. The van der Waals surface area contributed by atoms with Crippen LogP contribution < -0.4 is 16.0 Å². The molecule has 0 bridgehead atoms. The molecule has 0 aromatic heterocycles. The molecule has 1 saturated heterocycles. The SMILES string of the molecule is CC(C)(C)OC(=O)N[C@H]1CCCCC/C=C\[C@H]2C[C@@]2(C(=O)NCC2CC2)NC(=O)[C@@H]2C[C@@H](OC(=O)N3Cc4ccccc4C3)CN2C1=O. The molecule has 5 atom stereocenters. The predicted molar refractivity (Wildman–Crippen MR) is 176 cm³/mol. The Hall–Kier alpha value is -4.09. The van der Waals surface area contributed by atoms with E-state index in [-0.39, 0.29) is 24.8 Å². The Balaban J connectivity index is 1.22. The van der Waals surface area contributed by atoms with Gasteiger partial charge < -0.3 is 30.3 Å². The van der Waals surface area contributed by atoms with Crippen LogP contribution in [0.2, 0.25) is 0 Å². The van der Waals surface area contributed by atoms with Crippen molar-refractivity contribution in [3.05, 3.63) is 47.5 Å². The molecule has 5 amide bonds. The highest BCUT2D eigenvalue weighted by molar-refractivity contribution is 5.98. The number of carbonyl (C=O) groups excluding carboxylic acids is 5. The normalized spacial score (nSPS) is 29.6. The first-order valence-electron chi connectivity index (χ1n) is 17.5. The summed E-state index contributed by atoms with van der Waals surface area (Å²) in [5.41, 5.74) is 0.246. The van der Waals surface area contributed by atoms with Gasteiger partial charge in [-0.1, -0.05) is 49.3 Å². The van der Waals surface area contributed by atoms with Crippen LogP contribution >= 0.6 is 0 Å². The van der Waals surface area contributed by atoms with E-state index < -0.39 is 53.3 Å². The van der Waals surface area contributed by atoms with Crippen molar-refractivity contribution >= 4 is 29.9 Å². The van der Waals surface area contributed by atoms with Crippen LogP contribution in [0.3, 0.4) is 0 Å². The molecule has 3 aliphatic heterocycles. The molecular formula is C36H49N5O7. The fraction of sp³-hybridized carbons (Fsp3) is 0.639. The van der Waals surface area contributed by atoms with Gasteiger partial charge in [-0.3, -0.25) is 19.3 Å². The Morgan fingerprint density at radius 3 is 2.44 bits per heavy atom. The van der Waals surface area contributed by atoms with Gasteiger partial charge in [-0.15, -0.1) is 0 Å². The molecule has 0 spiro atoms. The number of ether oxygens (including phenoxy) is 2. The van der Waals surface area contributed by atoms with Gasteiger partial charge in [0.1, 0.15) is 29.3 Å². The Morgan fingerprint density at radius 1 is 1.02 bits per heavy atom. The zero-order valence-corrected chi connectivity index (χ0v) is 28.3. The Labute approximate surface area is 282 Å². The maximum Gasteiger partial charge on any atom is 0.410 e. The number of alkyl carbamates (subject to hydrolysis) is 1. The third kappa shape index (κ3) is 7.95. The lowest BCUT2D eigenvalue weighted by molar-refractivity contribution is -0.141. The van der Waals surface area contributed by atoms with E-state index in [1.165, 1.54) is 4.90 Å². The molecule has 12 heteroatoms. The topological polar surface area (TPSA) is 146 Å². The molecule has 3 N–H and O–H groups in total. The third-order valence-corrected chi connectivity index (χ3v) is 9.95.